The molecule has 0 aromatic heterocycles. The number of allylic oxidation sites excluding steroid dienone is 1. The number of halogens is 2. The first-order valence-electron chi connectivity index (χ1n) is 6.15. The van der Waals surface area contributed by atoms with Crippen molar-refractivity contribution in [3.05, 3.63) is 63.9 Å². The molecule has 0 radical (unpaired) electrons. The van der Waals surface area contributed by atoms with Gasteiger partial charge in [0.25, 0.3) is 0 Å². The number of hydrogen-bond acceptors (Lipinski definition) is 4. The second kappa shape index (κ2) is 5.23. The van der Waals surface area contributed by atoms with E-state index in [1.807, 2.05) is 0 Å². The number of benzene rings is 2. The molecule has 2 aromatic carbocycles. The molecule has 2 aromatic rings. The summed E-state index contributed by atoms with van der Waals surface area (Å²) in [5.41, 5.74) is 0.473. The molecular weight excluding hydrogens is 371 g/mol. The van der Waals surface area contributed by atoms with Crippen LogP contribution in [0.25, 0.3) is 0 Å². The Balaban J connectivity index is 2.31. The Bertz CT molecular complexity index is 948. The molecule has 0 amide bonds. The standard InChI is InChI=1S/C15H8BrFN2O2S/c16-10-5-6-13(12(17)7-10)19-9-11(8-18)22(20,21)15-4-2-1-3-14(15)19/h1-7,9H. The zero-order valence-corrected chi connectivity index (χ0v) is 13.4. The largest absolute Gasteiger partial charge is 0.311 e. The summed E-state index contributed by atoms with van der Waals surface area (Å²) in [6.07, 6.45) is 1.14. The van der Waals surface area contributed by atoms with Gasteiger partial charge < -0.3 is 4.90 Å². The van der Waals surface area contributed by atoms with Gasteiger partial charge in [-0.15, -0.1) is 0 Å². The van der Waals surface area contributed by atoms with Crippen LogP contribution >= 0.6 is 15.9 Å². The van der Waals surface area contributed by atoms with E-state index in [1.165, 1.54) is 23.1 Å². The predicted molar refractivity (Wildman–Crippen MR) is 83.6 cm³/mol. The van der Waals surface area contributed by atoms with E-state index in [-0.39, 0.29) is 10.6 Å². The van der Waals surface area contributed by atoms with Crippen LogP contribution in [0, 0.1) is 17.1 Å². The minimum Gasteiger partial charge on any atom is -0.311 e. The molecule has 1 heterocycles. The van der Waals surface area contributed by atoms with E-state index in [0.717, 1.165) is 6.20 Å². The van der Waals surface area contributed by atoms with E-state index < -0.39 is 20.6 Å². The van der Waals surface area contributed by atoms with Gasteiger partial charge in [0, 0.05) is 10.7 Å². The Morgan fingerprint density at radius 1 is 1.14 bits per heavy atom. The third-order valence-electron chi connectivity index (χ3n) is 3.23. The predicted octanol–water partition coefficient (Wildman–Crippen LogP) is 3.88. The lowest BCUT2D eigenvalue weighted by atomic mass is 10.2. The average molecular weight is 379 g/mol. The highest BCUT2D eigenvalue weighted by Crippen LogP contribution is 2.40. The van der Waals surface area contributed by atoms with Crippen molar-refractivity contribution in [2.75, 3.05) is 4.90 Å². The fraction of sp³-hybridized carbons (Fsp3) is 0. The van der Waals surface area contributed by atoms with Crippen LogP contribution in [0.4, 0.5) is 15.8 Å². The Morgan fingerprint density at radius 3 is 2.55 bits per heavy atom. The van der Waals surface area contributed by atoms with E-state index >= 15 is 0 Å². The highest BCUT2D eigenvalue weighted by molar-refractivity contribution is 9.10. The van der Waals surface area contributed by atoms with Crippen molar-refractivity contribution in [3.8, 4) is 6.07 Å². The number of para-hydroxylation sites is 1. The molecular formula is C15H8BrFN2O2S. The van der Waals surface area contributed by atoms with Crippen LogP contribution in [0.2, 0.25) is 0 Å². The maximum atomic E-state index is 14.2. The van der Waals surface area contributed by atoms with Gasteiger partial charge in [-0.1, -0.05) is 28.1 Å². The van der Waals surface area contributed by atoms with Gasteiger partial charge in [-0.05, 0) is 30.3 Å². The normalized spacial score (nSPS) is 15.7. The van der Waals surface area contributed by atoms with Crippen molar-refractivity contribution in [1.29, 1.82) is 5.26 Å². The van der Waals surface area contributed by atoms with Crippen molar-refractivity contribution < 1.29 is 12.8 Å². The molecule has 0 unspecified atom stereocenters. The van der Waals surface area contributed by atoms with Crippen molar-refractivity contribution in [2.45, 2.75) is 4.90 Å². The molecule has 1 aliphatic heterocycles. The number of nitriles is 1. The maximum absolute atomic E-state index is 14.2. The highest BCUT2D eigenvalue weighted by Gasteiger charge is 2.32. The van der Waals surface area contributed by atoms with Gasteiger partial charge in [0.2, 0.25) is 9.84 Å². The van der Waals surface area contributed by atoms with Gasteiger partial charge in [-0.3, -0.25) is 0 Å². The van der Waals surface area contributed by atoms with Crippen molar-refractivity contribution in [3.63, 3.8) is 0 Å². The van der Waals surface area contributed by atoms with Crippen LogP contribution in [0.3, 0.4) is 0 Å². The average Bonchev–Trinajstić information content (AvgIpc) is 2.49. The molecule has 3 rings (SSSR count). The van der Waals surface area contributed by atoms with Crippen LogP contribution in [0.5, 0.6) is 0 Å². The first-order chi connectivity index (χ1) is 10.4. The van der Waals surface area contributed by atoms with E-state index in [0.29, 0.717) is 10.2 Å². The molecule has 0 aliphatic carbocycles. The summed E-state index contributed by atoms with van der Waals surface area (Å²) in [6, 6.07) is 12.3. The lowest BCUT2D eigenvalue weighted by Crippen LogP contribution is -2.21. The summed E-state index contributed by atoms with van der Waals surface area (Å²) >= 11 is 3.17. The van der Waals surface area contributed by atoms with Gasteiger partial charge in [0.05, 0.1) is 16.3 Å². The Kier molecular flexibility index (Phi) is 3.51. The van der Waals surface area contributed by atoms with Gasteiger partial charge in [-0.25, -0.2) is 12.8 Å². The SMILES string of the molecule is N#CC1=CN(c2ccc(Br)cc2F)c2ccccc2S1(=O)=O. The summed E-state index contributed by atoms with van der Waals surface area (Å²) in [4.78, 5) is 0.932. The molecule has 0 saturated heterocycles. The topological polar surface area (TPSA) is 61.2 Å². The first kappa shape index (κ1) is 14.8. The molecule has 0 bridgehead atoms. The summed E-state index contributed by atoms with van der Waals surface area (Å²) in [5.74, 6) is -0.531. The first-order valence-corrected chi connectivity index (χ1v) is 8.43. The van der Waals surface area contributed by atoms with Crippen LogP contribution in [0.15, 0.2) is 62.9 Å². The zero-order valence-electron chi connectivity index (χ0n) is 11.0. The number of anilines is 2. The fourth-order valence-electron chi connectivity index (χ4n) is 2.22. The van der Waals surface area contributed by atoms with Crippen LogP contribution < -0.4 is 4.90 Å². The molecule has 0 N–H and O–H groups in total. The van der Waals surface area contributed by atoms with E-state index in [9.17, 15) is 12.8 Å². The second-order valence-electron chi connectivity index (χ2n) is 4.54. The minimum atomic E-state index is -3.87. The molecule has 0 fully saturated rings. The van der Waals surface area contributed by atoms with Gasteiger partial charge in [0.1, 0.15) is 11.9 Å². The zero-order chi connectivity index (χ0) is 15.9. The van der Waals surface area contributed by atoms with Crippen LogP contribution in [0.1, 0.15) is 0 Å². The Hall–Kier alpha value is -2.17. The minimum absolute atomic E-state index is 0.0173. The maximum Gasteiger partial charge on any atom is 0.220 e. The quantitative estimate of drug-likeness (QED) is 0.755. The molecule has 4 nitrogen and oxygen atoms in total. The number of hydrogen-bond donors (Lipinski definition) is 0. The smallest absolute Gasteiger partial charge is 0.220 e. The van der Waals surface area contributed by atoms with Crippen LogP contribution in [-0.2, 0) is 9.84 Å². The van der Waals surface area contributed by atoms with E-state index in [1.54, 1.807) is 30.3 Å². The third kappa shape index (κ3) is 2.21. The molecule has 22 heavy (non-hydrogen) atoms. The fourth-order valence-corrected chi connectivity index (χ4v) is 3.86. The lowest BCUT2D eigenvalue weighted by molar-refractivity contribution is 0.601. The molecule has 0 saturated carbocycles. The monoisotopic (exact) mass is 378 g/mol. The van der Waals surface area contributed by atoms with Crippen molar-refractivity contribution in [1.82, 2.24) is 0 Å². The molecule has 1 aliphatic rings. The molecule has 0 atom stereocenters. The van der Waals surface area contributed by atoms with Crippen molar-refractivity contribution >= 4 is 37.1 Å². The number of rotatable bonds is 1. The van der Waals surface area contributed by atoms with Crippen molar-refractivity contribution in [2.24, 2.45) is 0 Å². The molecule has 7 heteroatoms. The number of nitrogens with zero attached hydrogens (tertiary/aromatic N) is 2. The number of sulfone groups is 1. The molecule has 110 valence electrons. The number of fused-ring (bicyclic) bond motifs is 1. The molecule has 0 spiro atoms. The Morgan fingerprint density at radius 2 is 1.86 bits per heavy atom. The van der Waals surface area contributed by atoms with Gasteiger partial charge in [-0.2, -0.15) is 5.26 Å². The van der Waals surface area contributed by atoms with E-state index in [4.69, 9.17) is 5.26 Å². The summed E-state index contributed by atoms with van der Waals surface area (Å²) in [6.45, 7) is 0. The lowest BCUT2D eigenvalue weighted by Gasteiger charge is -2.27. The highest BCUT2D eigenvalue weighted by atomic mass is 79.9. The van der Waals surface area contributed by atoms with Gasteiger partial charge >= 0.3 is 0 Å². The van der Waals surface area contributed by atoms with Gasteiger partial charge in [0.15, 0.2) is 4.91 Å². The summed E-state index contributed by atoms with van der Waals surface area (Å²) in [5, 5.41) is 9.10. The summed E-state index contributed by atoms with van der Waals surface area (Å²) in [7, 11) is -3.87. The summed E-state index contributed by atoms with van der Waals surface area (Å²) < 4.78 is 39.5. The Labute approximate surface area is 135 Å². The second-order valence-corrected chi connectivity index (χ2v) is 7.34. The van der Waals surface area contributed by atoms with E-state index in [2.05, 4.69) is 15.9 Å². The third-order valence-corrected chi connectivity index (χ3v) is 5.42. The van der Waals surface area contributed by atoms with Crippen LogP contribution in [-0.4, -0.2) is 8.42 Å².